The molecule has 1 aromatic carbocycles. The average molecular weight is 344 g/mol. The van der Waals surface area contributed by atoms with Crippen LogP contribution in [0.1, 0.15) is 32.4 Å². The first-order valence-corrected chi connectivity index (χ1v) is 7.85. The Morgan fingerprint density at radius 2 is 2.20 bits per heavy atom. The van der Waals surface area contributed by atoms with Crippen LogP contribution in [0.3, 0.4) is 0 Å². The Morgan fingerprint density at radius 1 is 1.44 bits per heavy atom. The minimum atomic E-state index is -0.698. The van der Waals surface area contributed by atoms with Crippen molar-refractivity contribution in [1.29, 1.82) is 5.26 Å². The second kappa shape index (κ2) is 8.06. The van der Waals surface area contributed by atoms with E-state index in [2.05, 4.69) is 15.6 Å². The minimum absolute atomic E-state index is 0.00252. The Morgan fingerprint density at radius 3 is 2.84 bits per heavy atom. The number of rotatable bonds is 5. The average Bonchev–Trinajstić information content (AvgIpc) is 2.57. The van der Waals surface area contributed by atoms with Gasteiger partial charge in [0, 0.05) is 5.70 Å². The first-order valence-electron chi connectivity index (χ1n) is 7.85. The predicted octanol–water partition coefficient (Wildman–Crippen LogP) is 1.70. The number of phenolic OH excluding ortho intramolecular Hbond substituents is 1. The zero-order chi connectivity index (χ0) is 18.4. The molecule has 8 heteroatoms. The molecule has 25 heavy (non-hydrogen) atoms. The molecule has 132 valence electrons. The smallest absolute Gasteiger partial charge is 0.338 e. The van der Waals surface area contributed by atoms with E-state index in [1.54, 1.807) is 39.1 Å². The number of carbonyl (C=O) groups is 1. The summed E-state index contributed by atoms with van der Waals surface area (Å²) in [7, 11) is 0. The van der Waals surface area contributed by atoms with Crippen LogP contribution >= 0.6 is 0 Å². The zero-order valence-electron chi connectivity index (χ0n) is 14.3. The maximum absolute atomic E-state index is 12.4. The van der Waals surface area contributed by atoms with Crippen LogP contribution in [0.25, 0.3) is 0 Å². The van der Waals surface area contributed by atoms with Gasteiger partial charge in [-0.25, -0.2) is 9.79 Å². The lowest BCUT2D eigenvalue weighted by atomic mass is 9.96. The van der Waals surface area contributed by atoms with Crippen molar-refractivity contribution in [2.24, 2.45) is 4.99 Å². The van der Waals surface area contributed by atoms with Crippen LogP contribution in [0.5, 0.6) is 11.5 Å². The van der Waals surface area contributed by atoms with E-state index in [4.69, 9.17) is 14.7 Å². The van der Waals surface area contributed by atoms with Crippen LogP contribution in [0.4, 0.5) is 0 Å². The summed E-state index contributed by atoms with van der Waals surface area (Å²) in [6, 6.07) is 4.05. The van der Waals surface area contributed by atoms with Gasteiger partial charge in [0.1, 0.15) is 6.04 Å². The molecular weight excluding hydrogens is 324 g/mol. The molecule has 1 aromatic rings. The molecule has 0 fully saturated rings. The van der Waals surface area contributed by atoms with Crippen molar-refractivity contribution >= 4 is 11.9 Å². The molecular formula is C17H20N4O4. The summed E-state index contributed by atoms with van der Waals surface area (Å²) in [5.74, 6) is 0.0223. The van der Waals surface area contributed by atoms with Crippen molar-refractivity contribution in [3.8, 4) is 17.7 Å². The number of carbonyl (C=O) groups excluding carboxylic acids is 1. The standard InChI is InChI=1S/C17H20N4O4/c1-4-24-13-8-11(6-7-12(13)22)15-14(16(23)25-5-2)10(3)20-17(21-15)19-9-18/h6-8,15,22H,4-5H2,1-3H3,(H2,19,20,21)/t15-/m1/s1. The van der Waals surface area contributed by atoms with Crippen LogP contribution in [-0.4, -0.2) is 30.2 Å². The SMILES string of the molecule is CCOC(=O)C1=C(C)NC(NC#N)=N[C@@H]1c1ccc(O)c(OCC)c1. The summed E-state index contributed by atoms with van der Waals surface area (Å²) >= 11 is 0. The molecule has 1 aliphatic rings. The van der Waals surface area contributed by atoms with Gasteiger partial charge in [0.15, 0.2) is 17.7 Å². The maximum Gasteiger partial charge on any atom is 0.338 e. The van der Waals surface area contributed by atoms with Crippen molar-refractivity contribution < 1.29 is 19.4 Å². The van der Waals surface area contributed by atoms with E-state index in [-0.39, 0.29) is 18.3 Å². The number of allylic oxidation sites excluding steroid dienone is 1. The van der Waals surface area contributed by atoms with Crippen LogP contribution in [-0.2, 0) is 9.53 Å². The van der Waals surface area contributed by atoms with Gasteiger partial charge >= 0.3 is 5.97 Å². The summed E-state index contributed by atoms with van der Waals surface area (Å²) in [5, 5.41) is 24.0. The van der Waals surface area contributed by atoms with Gasteiger partial charge in [0.05, 0.1) is 18.8 Å². The number of aliphatic imine (C=N–C) groups is 1. The van der Waals surface area contributed by atoms with E-state index in [0.29, 0.717) is 29.2 Å². The molecule has 1 heterocycles. The quantitative estimate of drug-likeness (QED) is 0.423. The number of nitrogens with zero attached hydrogens (tertiary/aromatic N) is 2. The molecule has 0 saturated carbocycles. The number of guanidine groups is 1. The van der Waals surface area contributed by atoms with Gasteiger partial charge in [-0.15, -0.1) is 0 Å². The van der Waals surface area contributed by atoms with Crippen molar-refractivity contribution in [3.63, 3.8) is 0 Å². The summed E-state index contributed by atoms with van der Waals surface area (Å²) in [6.45, 7) is 5.84. The molecule has 0 unspecified atom stereocenters. The Labute approximate surface area is 145 Å². The molecule has 1 atom stereocenters. The summed E-state index contributed by atoms with van der Waals surface area (Å²) in [6.07, 6.45) is 1.79. The normalized spacial score (nSPS) is 16.4. The number of hydrogen-bond acceptors (Lipinski definition) is 8. The molecule has 0 amide bonds. The zero-order valence-corrected chi connectivity index (χ0v) is 14.3. The Balaban J connectivity index is 2.51. The van der Waals surface area contributed by atoms with E-state index in [1.807, 2.05) is 0 Å². The van der Waals surface area contributed by atoms with Crippen molar-refractivity contribution in [1.82, 2.24) is 10.6 Å². The van der Waals surface area contributed by atoms with Crippen LogP contribution in [0.15, 0.2) is 34.5 Å². The summed E-state index contributed by atoms with van der Waals surface area (Å²) < 4.78 is 10.5. The van der Waals surface area contributed by atoms with Crippen molar-refractivity contribution in [2.45, 2.75) is 26.8 Å². The van der Waals surface area contributed by atoms with Gasteiger partial charge in [0.2, 0.25) is 5.96 Å². The van der Waals surface area contributed by atoms with Gasteiger partial charge in [0.25, 0.3) is 0 Å². The third kappa shape index (κ3) is 4.01. The Bertz CT molecular complexity index is 764. The Kier molecular flexibility index (Phi) is 5.84. The van der Waals surface area contributed by atoms with Crippen LogP contribution in [0, 0.1) is 11.5 Å². The largest absolute Gasteiger partial charge is 0.504 e. The highest BCUT2D eigenvalue weighted by Crippen LogP contribution is 2.36. The van der Waals surface area contributed by atoms with Gasteiger partial charge in [-0.05, 0) is 38.5 Å². The first kappa shape index (κ1) is 18.1. The van der Waals surface area contributed by atoms with Gasteiger partial charge in [-0.2, -0.15) is 5.26 Å². The van der Waals surface area contributed by atoms with Gasteiger partial charge in [-0.1, -0.05) is 6.07 Å². The number of ether oxygens (including phenoxy) is 2. The molecule has 0 aliphatic carbocycles. The van der Waals surface area contributed by atoms with Crippen LogP contribution in [0.2, 0.25) is 0 Å². The molecule has 2 rings (SSSR count). The van der Waals surface area contributed by atoms with E-state index in [0.717, 1.165) is 0 Å². The number of phenols is 1. The topological polar surface area (TPSA) is 116 Å². The molecule has 0 saturated heterocycles. The number of benzene rings is 1. The lowest BCUT2D eigenvalue weighted by molar-refractivity contribution is -0.138. The number of nitrogens with one attached hydrogen (secondary N) is 2. The lowest BCUT2D eigenvalue weighted by Crippen LogP contribution is -2.39. The number of hydrogen-bond donors (Lipinski definition) is 3. The fourth-order valence-corrected chi connectivity index (χ4v) is 2.48. The van der Waals surface area contributed by atoms with E-state index in [1.165, 1.54) is 6.07 Å². The molecule has 3 N–H and O–H groups in total. The molecule has 0 bridgehead atoms. The van der Waals surface area contributed by atoms with Gasteiger partial charge < -0.3 is 19.9 Å². The second-order valence-electron chi connectivity index (χ2n) is 5.16. The molecule has 8 nitrogen and oxygen atoms in total. The van der Waals surface area contributed by atoms with E-state index >= 15 is 0 Å². The molecule has 0 radical (unpaired) electrons. The van der Waals surface area contributed by atoms with E-state index < -0.39 is 12.0 Å². The highest BCUT2D eigenvalue weighted by molar-refractivity contribution is 5.95. The molecule has 0 spiro atoms. The Hall–Kier alpha value is -3.21. The lowest BCUT2D eigenvalue weighted by Gasteiger charge is -2.25. The maximum atomic E-state index is 12.4. The highest BCUT2D eigenvalue weighted by atomic mass is 16.5. The number of aromatic hydroxyl groups is 1. The van der Waals surface area contributed by atoms with E-state index in [9.17, 15) is 9.90 Å². The monoisotopic (exact) mass is 344 g/mol. The van der Waals surface area contributed by atoms with Gasteiger partial charge in [-0.3, -0.25) is 5.32 Å². The third-order valence-electron chi connectivity index (χ3n) is 3.51. The second-order valence-corrected chi connectivity index (χ2v) is 5.16. The first-order chi connectivity index (χ1) is 12.0. The fraction of sp³-hybridized carbons (Fsp3) is 0.353. The highest BCUT2D eigenvalue weighted by Gasteiger charge is 2.30. The molecule has 0 aromatic heterocycles. The predicted molar refractivity (Wildman–Crippen MR) is 90.7 cm³/mol. The fourth-order valence-electron chi connectivity index (χ4n) is 2.48. The minimum Gasteiger partial charge on any atom is -0.504 e. The number of nitriles is 1. The third-order valence-corrected chi connectivity index (χ3v) is 3.51. The molecule has 1 aliphatic heterocycles. The number of esters is 1. The summed E-state index contributed by atoms with van der Waals surface area (Å²) in [4.78, 5) is 16.8. The summed E-state index contributed by atoms with van der Waals surface area (Å²) in [5.41, 5.74) is 1.49. The van der Waals surface area contributed by atoms with Crippen LogP contribution < -0.4 is 15.4 Å². The van der Waals surface area contributed by atoms with Crippen molar-refractivity contribution in [3.05, 3.63) is 35.0 Å². The van der Waals surface area contributed by atoms with Crippen molar-refractivity contribution in [2.75, 3.05) is 13.2 Å².